The first-order valence-electron chi connectivity index (χ1n) is 17.6. The maximum atomic E-state index is 6.62. The minimum absolute atomic E-state index is 0.000271. The fourth-order valence-electron chi connectivity index (χ4n) is 7.52. The Bertz CT molecular complexity index is 2830. The van der Waals surface area contributed by atoms with Crippen LogP contribution < -0.4 is 14.5 Å². The van der Waals surface area contributed by atoms with Gasteiger partial charge in [-0.2, -0.15) is 0 Å². The van der Waals surface area contributed by atoms with Crippen molar-refractivity contribution in [2.75, 3.05) is 16.5 Å². The maximum Gasteiger partial charge on any atom is 0.158 e. The van der Waals surface area contributed by atoms with E-state index in [1.807, 2.05) is 54.9 Å². The van der Waals surface area contributed by atoms with Crippen molar-refractivity contribution in [3.8, 4) is 17.3 Å². The third-order valence-corrected chi connectivity index (χ3v) is 10.1. The largest absolute Gasteiger partial charge is 0.457 e. The molecule has 0 radical (unpaired) electrons. The molecule has 4 aromatic heterocycles. The first-order chi connectivity index (χ1) is 25.4. The van der Waals surface area contributed by atoms with Gasteiger partial charge in [0.05, 0.1) is 16.7 Å². The topological polar surface area (TPSA) is 59.6 Å². The number of benzene rings is 5. The van der Waals surface area contributed by atoms with Gasteiger partial charge < -0.3 is 19.0 Å². The van der Waals surface area contributed by atoms with E-state index in [1.54, 1.807) is 0 Å². The first kappa shape index (κ1) is 30.2. The molecule has 0 unspecified atom stereocenters. The summed E-state index contributed by atoms with van der Waals surface area (Å²) < 4.78 is 15.1. The molecule has 0 bridgehead atoms. The predicted octanol–water partition coefficient (Wildman–Crippen LogP) is 11.8. The molecular formula is C45H35N5O2. The standard InChI is InChI=1S/C45H35N5O2/c1-45(2,3)29-21-23-46-43(24-29)50-38-14-6-4-12-34(38)35-20-18-33(27-40(35)50)51-32-11-8-10-30(25-32)49-28-48(39-15-9-22-47-44(39)49)31-17-19-37-36-13-5-7-16-41(36)52-42(37)26-31/h4-27H,28H2,1-3H3. The molecule has 0 spiro atoms. The maximum absolute atomic E-state index is 6.62. The molecule has 0 saturated heterocycles. The van der Waals surface area contributed by atoms with Gasteiger partial charge in [0.15, 0.2) is 5.82 Å². The van der Waals surface area contributed by atoms with Crippen LogP contribution in [0.5, 0.6) is 11.5 Å². The monoisotopic (exact) mass is 677 g/mol. The number of nitrogens with zero attached hydrogens (tertiary/aromatic N) is 5. The van der Waals surface area contributed by atoms with E-state index in [-0.39, 0.29) is 5.41 Å². The minimum Gasteiger partial charge on any atom is -0.457 e. The highest BCUT2D eigenvalue weighted by atomic mass is 16.5. The molecule has 1 aliphatic heterocycles. The van der Waals surface area contributed by atoms with Crippen molar-refractivity contribution >= 4 is 66.6 Å². The molecule has 252 valence electrons. The van der Waals surface area contributed by atoms with Crippen molar-refractivity contribution in [3.63, 3.8) is 0 Å². The summed E-state index contributed by atoms with van der Waals surface area (Å²) in [7, 11) is 0. The zero-order valence-corrected chi connectivity index (χ0v) is 29.1. The van der Waals surface area contributed by atoms with E-state index in [4.69, 9.17) is 19.1 Å². The molecule has 0 amide bonds. The molecule has 0 aliphatic carbocycles. The van der Waals surface area contributed by atoms with Crippen LogP contribution >= 0.6 is 0 Å². The van der Waals surface area contributed by atoms with Crippen LogP contribution in [0.4, 0.5) is 22.9 Å². The third-order valence-electron chi connectivity index (χ3n) is 10.1. The fourth-order valence-corrected chi connectivity index (χ4v) is 7.52. The molecule has 52 heavy (non-hydrogen) atoms. The smallest absolute Gasteiger partial charge is 0.158 e. The van der Waals surface area contributed by atoms with Crippen molar-refractivity contribution in [1.82, 2.24) is 14.5 Å². The van der Waals surface area contributed by atoms with E-state index < -0.39 is 0 Å². The molecule has 5 aromatic carbocycles. The van der Waals surface area contributed by atoms with Crippen LogP contribution in [0.3, 0.4) is 0 Å². The van der Waals surface area contributed by atoms with Crippen LogP contribution in [-0.2, 0) is 5.41 Å². The number of pyridine rings is 2. The molecule has 5 heterocycles. The van der Waals surface area contributed by atoms with Crippen molar-refractivity contribution in [3.05, 3.63) is 151 Å². The van der Waals surface area contributed by atoms with Gasteiger partial charge in [0.2, 0.25) is 0 Å². The summed E-state index contributed by atoms with van der Waals surface area (Å²) in [6.07, 6.45) is 3.75. The SMILES string of the molecule is CC(C)(C)c1ccnc(-n2c3ccccc3c3ccc(Oc4cccc(N5CN(c6ccc7c(c6)oc6ccccc67)c6cccnc65)c4)cc32)c1. The Morgan fingerprint density at radius 2 is 1.35 bits per heavy atom. The number of ether oxygens (including phenoxy) is 1. The lowest BCUT2D eigenvalue weighted by Gasteiger charge is -2.22. The second-order valence-corrected chi connectivity index (χ2v) is 14.4. The average Bonchev–Trinajstić information content (AvgIpc) is 3.84. The summed E-state index contributed by atoms with van der Waals surface area (Å²) in [6, 6.07) is 46.1. The number of furan rings is 1. The summed E-state index contributed by atoms with van der Waals surface area (Å²) in [5.41, 5.74) is 8.22. The Labute approximate surface area is 300 Å². The molecule has 9 aromatic rings. The Kier molecular flexibility index (Phi) is 6.67. The van der Waals surface area contributed by atoms with Crippen molar-refractivity contribution < 1.29 is 9.15 Å². The summed E-state index contributed by atoms with van der Waals surface area (Å²) in [5, 5.41) is 4.57. The Hall–Kier alpha value is -6.60. The number of hydrogen-bond acceptors (Lipinski definition) is 6. The second kappa shape index (κ2) is 11.5. The Balaban J connectivity index is 0.997. The van der Waals surface area contributed by atoms with Crippen LogP contribution in [0.2, 0.25) is 0 Å². The van der Waals surface area contributed by atoms with Gasteiger partial charge in [-0.3, -0.25) is 4.57 Å². The number of fused-ring (bicyclic) bond motifs is 7. The zero-order valence-electron chi connectivity index (χ0n) is 29.1. The fraction of sp³-hybridized carbons (Fsp3) is 0.111. The van der Waals surface area contributed by atoms with Gasteiger partial charge in [0.25, 0.3) is 0 Å². The zero-order chi connectivity index (χ0) is 35.0. The van der Waals surface area contributed by atoms with Crippen molar-refractivity contribution in [2.24, 2.45) is 0 Å². The number of para-hydroxylation sites is 2. The second-order valence-electron chi connectivity index (χ2n) is 14.4. The highest BCUT2D eigenvalue weighted by Gasteiger charge is 2.30. The first-order valence-corrected chi connectivity index (χ1v) is 17.6. The lowest BCUT2D eigenvalue weighted by atomic mass is 9.88. The van der Waals surface area contributed by atoms with E-state index in [9.17, 15) is 0 Å². The summed E-state index contributed by atoms with van der Waals surface area (Å²) in [6.45, 7) is 7.28. The van der Waals surface area contributed by atoms with Gasteiger partial charge in [-0.1, -0.05) is 63.2 Å². The van der Waals surface area contributed by atoms with E-state index in [2.05, 4.69) is 126 Å². The van der Waals surface area contributed by atoms with Crippen LogP contribution in [0.15, 0.2) is 150 Å². The number of rotatable bonds is 5. The molecule has 0 atom stereocenters. The predicted molar refractivity (Wildman–Crippen MR) is 211 cm³/mol. The Morgan fingerprint density at radius 1 is 0.577 bits per heavy atom. The minimum atomic E-state index is 0.000271. The number of aromatic nitrogens is 3. The molecule has 0 saturated carbocycles. The van der Waals surface area contributed by atoms with Gasteiger partial charge in [0, 0.05) is 63.5 Å². The Morgan fingerprint density at radius 3 is 2.25 bits per heavy atom. The van der Waals surface area contributed by atoms with E-state index >= 15 is 0 Å². The lowest BCUT2D eigenvalue weighted by molar-refractivity contribution is 0.483. The third kappa shape index (κ3) is 4.88. The van der Waals surface area contributed by atoms with Gasteiger partial charge >= 0.3 is 0 Å². The van der Waals surface area contributed by atoms with E-state index in [0.717, 1.165) is 78.6 Å². The van der Waals surface area contributed by atoms with Crippen LogP contribution in [0, 0.1) is 0 Å². The van der Waals surface area contributed by atoms with Crippen LogP contribution in [-0.4, -0.2) is 21.2 Å². The van der Waals surface area contributed by atoms with Gasteiger partial charge in [-0.15, -0.1) is 0 Å². The average molecular weight is 678 g/mol. The van der Waals surface area contributed by atoms with Crippen molar-refractivity contribution in [2.45, 2.75) is 26.2 Å². The molecule has 0 fully saturated rings. The molecule has 1 aliphatic rings. The normalized spacial score (nSPS) is 13.1. The molecule has 7 heteroatoms. The molecule has 0 N–H and O–H groups in total. The molecular weight excluding hydrogens is 643 g/mol. The van der Waals surface area contributed by atoms with E-state index in [1.165, 1.54) is 10.9 Å². The highest BCUT2D eigenvalue weighted by molar-refractivity contribution is 6.09. The number of anilines is 4. The van der Waals surface area contributed by atoms with Crippen LogP contribution in [0.25, 0.3) is 49.6 Å². The van der Waals surface area contributed by atoms with Crippen molar-refractivity contribution in [1.29, 1.82) is 0 Å². The van der Waals surface area contributed by atoms with E-state index in [0.29, 0.717) is 6.67 Å². The summed E-state index contributed by atoms with van der Waals surface area (Å²) >= 11 is 0. The quantitative estimate of drug-likeness (QED) is 0.181. The van der Waals surface area contributed by atoms with Gasteiger partial charge in [0.1, 0.15) is 35.2 Å². The molecule has 7 nitrogen and oxygen atoms in total. The highest BCUT2D eigenvalue weighted by Crippen LogP contribution is 2.45. The lowest BCUT2D eigenvalue weighted by Crippen LogP contribution is -2.24. The van der Waals surface area contributed by atoms with Gasteiger partial charge in [-0.25, -0.2) is 9.97 Å². The summed E-state index contributed by atoms with van der Waals surface area (Å²) in [5.74, 6) is 3.27. The summed E-state index contributed by atoms with van der Waals surface area (Å²) in [4.78, 5) is 14.2. The molecule has 10 rings (SSSR count). The van der Waals surface area contributed by atoms with Crippen LogP contribution in [0.1, 0.15) is 26.3 Å². The number of hydrogen-bond donors (Lipinski definition) is 0. The van der Waals surface area contributed by atoms with Gasteiger partial charge in [-0.05, 0) is 83.8 Å².